The number of phosphoric ester groups is 3. The van der Waals surface area contributed by atoms with Crippen molar-refractivity contribution in [2.75, 3.05) is 37.8 Å². The molecular weight excluding hydrogens is 863 g/mol. The molecule has 3 aromatic rings. The Labute approximate surface area is 333 Å². The van der Waals surface area contributed by atoms with E-state index in [9.17, 15) is 57.9 Å². The largest absolute Gasteiger partial charge is 0.508 e. The summed E-state index contributed by atoms with van der Waals surface area (Å²) in [5, 5.41) is 43.2. The number of hydrogen-bond donors (Lipinski definition) is 12. The van der Waals surface area contributed by atoms with Crippen LogP contribution in [0.2, 0.25) is 0 Å². The summed E-state index contributed by atoms with van der Waals surface area (Å²) in [6.45, 7) is 0.723. The molecule has 0 saturated carbocycles. The number of aromatic carboxylic acids is 1. The Morgan fingerprint density at radius 1 is 1.02 bits per heavy atom. The molecule has 324 valence electrons. The summed E-state index contributed by atoms with van der Waals surface area (Å²) in [4.78, 5) is 84.8. The number of ether oxygens (including phenoxy) is 1. The van der Waals surface area contributed by atoms with Gasteiger partial charge in [-0.2, -0.15) is 16.9 Å². The molecule has 1 saturated heterocycles. The van der Waals surface area contributed by atoms with Crippen LogP contribution in [0.25, 0.3) is 11.2 Å². The maximum Gasteiger partial charge on any atom is 0.481 e. The number of rotatable bonds is 19. The van der Waals surface area contributed by atoms with Crippen molar-refractivity contribution in [2.45, 2.75) is 50.9 Å². The summed E-state index contributed by atoms with van der Waals surface area (Å²) < 4.78 is 61.7. The Balaban J connectivity index is 0.000000781. The standard InChI is InChI=1S/C21H36N7O16P3S.C7H6O3/c1-21(2,16(31)19(32)24-4-3-12(29)23-5-6-48)8-41-47(38,39)44-46(36,37)40-7-11-15(43-45(33,34)35)14(30)20(42-11)28-10-27-13-17(22)25-9-26-18(13)28;8-6-3-1-5(2-4-6)7(9)10/h9-11,14-16,20,30-31,48H,3-8H2,1-2H3,(H,23,29)(H,24,32)(H,36,37)(H,38,39)(H2,22,25,26)(H2,33,34,35);1-4,8H,(H,9,10)/t11-,14-,15-,16+,20-;/m1./s1. The number of nitrogens with zero attached hydrogens (tertiary/aromatic N) is 4. The number of carboxylic acid groups (broad SMARTS) is 1. The molecule has 3 heterocycles. The Bertz CT molecular complexity index is 2040. The molecule has 0 radical (unpaired) electrons. The number of anilines is 1. The van der Waals surface area contributed by atoms with Crippen LogP contribution in [-0.2, 0) is 45.9 Å². The number of carbonyl (C=O) groups is 3. The zero-order chi connectivity index (χ0) is 43.6. The summed E-state index contributed by atoms with van der Waals surface area (Å²) >= 11 is 3.95. The van der Waals surface area contributed by atoms with E-state index in [-0.39, 0.29) is 47.2 Å². The minimum Gasteiger partial charge on any atom is -0.508 e. The van der Waals surface area contributed by atoms with Crippen LogP contribution in [0.1, 0.15) is 36.9 Å². The fourth-order valence-corrected chi connectivity index (χ4v) is 7.68. The minimum atomic E-state index is -5.54. The lowest BCUT2D eigenvalue weighted by molar-refractivity contribution is -0.137. The molecule has 0 aliphatic carbocycles. The zero-order valence-corrected chi connectivity index (χ0v) is 33.9. The van der Waals surface area contributed by atoms with Crippen LogP contribution in [0.15, 0.2) is 36.9 Å². The van der Waals surface area contributed by atoms with E-state index in [1.165, 1.54) is 38.1 Å². The number of imidazole rings is 1. The van der Waals surface area contributed by atoms with Gasteiger partial charge in [-0.3, -0.25) is 27.7 Å². The third-order valence-corrected chi connectivity index (χ3v) is 10.9. The van der Waals surface area contributed by atoms with Gasteiger partial charge in [0.25, 0.3) is 0 Å². The molecule has 1 aliphatic rings. The number of aromatic nitrogens is 4. The number of phenols is 1. The highest BCUT2D eigenvalue weighted by molar-refractivity contribution is 7.80. The summed E-state index contributed by atoms with van der Waals surface area (Å²) in [7, 11) is -16.3. The number of fused-ring (bicyclic) bond motifs is 1. The number of phosphoric acid groups is 3. The number of nitrogen functional groups attached to an aromatic ring is 1. The maximum atomic E-state index is 12.6. The van der Waals surface area contributed by atoms with Gasteiger partial charge in [-0.1, -0.05) is 13.8 Å². The van der Waals surface area contributed by atoms with Gasteiger partial charge in [-0.25, -0.2) is 33.4 Å². The monoisotopic (exact) mass is 905 g/mol. The van der Waals surface area contributed by atoms with Crippen LogP contribution in [0.5, 0.6) is 5.75 Å². The molecule has 26 nitrogen and oxygen atoms in total. The molecule has 12 N–H and O–H groups in total. The molecule has 2 amide bonds. The highest BCUT2D eigenvalue weighted by Gasteiger charge is 2.50. The minimum absolute atomic E-state index is 0.0363. The average Bonchev–Trinajstić information content (AvgIpc) is 3.69. The molecule has 0 bridgehead atoms. The van der Waals surface area contributed by atoms with Crippen molar-refractivity contribution < 1.29 is 90.7 Å². The Hall–Kier alpha value is -3.62. The van der Waals surface area contributed by atoms with E-state index in [1.807, 2.05) is 0 Å². The number of aliphatic hydroxyl groups is 2. The highest BCUT2D eigenvalue weighted by atomic mass is 32.1. The predicted octanol–water partition coefficient (Wildman–Crippen LogP) is -0.575. The summed E-state index contributed by atoms with van der Waals surface area (Å²) in [5.74, 6) is -1.86. The Kier molecular flexibility index (Phi) is 17.3. The number of phenolic OH excluding ortho intramolecular Hbond substituents is 1. The second kappa shape index (κ2) is 20.6. The number of thiol groups is 1. The molecule has 7 atom stereocenters. The van der Waals surface area contributed by atoms with Crippen LogP contribution >= 0.6 is 36.1 Å². The van der Waals surface area contributed by atoms with Gasteiger partial charge < -0.3 is 61.1 Å². The average molecular weight is 906 g/mol. The second-order valence-electron chi connectivity index (χ2n) is 12.6. The quantitative estimate of drug-likeness (QED) is 0.0529. The van der Waals surface area contributed by atoms with Crippen molar-refractivity contribution in [3.63, 3.8) is 0 Å². The topological polar surface area (TPSA) is 404 Å². The second-order valence-corrected chi connectivity index (χ2v) is 17.3. The first-order valence-electron chi connectivity index (χ1n) is 16.4. The van der Waals surface area contributed by atoms with Gasteiger partial charge in [0.05, 0.1) is 25.1 Å². The van der Waals surface area contributed by atoms with Crippen LogP contribution in [0, 0.1) is 5.41 Å². The lowest BCUT2D eigenvalue weighted by Gasteiger charge is -2.30. The SMILES string of the molecule is CC(C)(COP(=O)(O)OP(=O)(O)OC[C@H]1O[C@@H](n2cnc3c(N)ncnc32)[C@H](O)[C@@H]1OP(=O)(O)O)[C@@H](O)C(=O)NCCC(=O)NCCS.O=C(O)c1ccc(O)cc1. The molecule has 30 heteroatoms. The molecule has 58 heavy (non-hydrogen) atoms. The molecule has 0 spiro atoms. The summed E-state index contributed by atoms with van der Waals surface area (Å²) in [5.41, 5.74) is 4.48. The van der Waals surface area contributed by atoms with Crippen LogP contribution in [-0.4, -0.2) is 134 Å². The molecule has 1 fully saturated rings. The van der Waals surface area contributed by atoms with E-state index in [4.69, 9.17) is 29.7 Å². The lowest BCUT2D eigenvalue weighted by Crippen LogP contribution is -2.46. The van der Waals surface area contributed by atoms with Gasteiger partial charge in [-0.15, -0.1) is 0 Å². The number of nitrogens with two attached hydrogens (primary N) is 1. The van der Waals surface area contributed by atoms with E-state index in [0.29, 0.717) is 12.3 Å². The highest BCUT2D eigenvalue weighted by Crippen LogP contribution is 2.61. The summed E-state index contributed by atoms with van der Waals surface area (Å²) in [6, 6.07) is 5.36. The first kappa shape index (κ1) is 48.7. The van der Waals surface area contributed by atoms with Crippen LogP contribution < -0.4 is 16.4 Å². The predicted molar refractivity (Wildman–Crippen MR) is 199 cm³/mol. The number of aromatic hydroxyl groups is 1. The molecule has 1 aliphatic heterocycles. The van der Waals surface area contributed by atoms with Gasteiger partial charge in [-0.05, 0) is 24.3 Å². The van der Waals surface area contributed by atoms with Crippen molar-refractivity contribution in [1.82, 2.24) is 30.2 Å². The van der Waals surface area contributed by atoms with Crippen molar-refractivity contribution in [3.8, 4) is 5.75 Å². The fourth-order valence-electron chi connectivity index (χ4n) is 4.74. The van der Waals surface area contributed by atoms with E-state index in [0.717, 1.165) is 17.2 Å². The number of aliphatic hydroxyl groups excluding tert-OH is 2. The molecule has 4 rings (SSSR count). The molecule has 2 aromatic heterocycles. The van der Waals surface area contributed by atoms with Crippen molar-refractivity contribution in [1.29, 1.82) is 0 Å². The maximum absolute atomic E-state index is 12.6. The third-order valence-electron chi connectivity index (χ3n) is 7.63. The number of hydrogen-bond acceptors (Lipinski definition) is 19. The first-order valence-corrected chi connectivity index (χ1v) is 21.5. The van der Waals surface area contributed by atoms with Crippen LogP contribution in [0.3, 0.4) is 0 Å². The number of carboxylic acids is 1. The number of nitrogens with one attached hydrogen (secondary N) is 2. The van der Waals surface area contributed by atoms with Gasteiger partial charge >= 0.3 is 29.4 Å². The molecule has 2 unspecified atom stereocenters. The zero-order valence-electron chi connectivity index (χ0n) is 30.3. The Morgan fingerprint density at radius 3 is 2.26 bits per heavy atom. The van der Waals surface area contributed by atoms with E-state index < -0.39 is 84.6 Å². The number of carbonyl (C=O) groups excluding carboxylic acids is 2. The van der Waals surface area contributed by atoms with Gasteiger partial charge in [0.1, 0.15) is 42.0 Å². The Morgan fingerprint density at radius 2 is 1.66 bits per heavy atom. The molecule has 1 aromatic carbocycles. The van der Waals surface area contributed by atoms with E-state index in [1.54, 1.807) is 0 Å². The van der Waals surface area contributed by atoms with Crippen LogP contribution in [0.4, 0.5) is 5.82 Å². The molecular formula is C28H42N7O19P3S. The van der Waals surface area contributed by atoms with E-state index in [2.05, 4.69) is 47.0 Å². The first-order chi connectivity index (χ1) is 26.9. The van der Waals surface area contributed by atoms with Crippen molar-refractivity contribution in [2.24, 2.45) is 5.41 Å². The third kappa shape index (κ3) is 14.6. The smallest absolute Gasteiger partial charge is 0.481 e. The lowest BCUT2D eigenvalue weighted by atomic mass is 9.87. The van der Waals surface area contributed by atoms with Gasteiger partial charge in [0.15, 0.2) is 17.7 Å². The normalized spacial score (nSPS) is 20.9. The van der Waals surface area contributed by atoms with Gasteiger partial charge in [0.2, 0.25) is 11.8 Å². The summed E-state index contributed by atoms with van der Waals surface area (Å²) in [6.07, 6.45) is -6.74. The van der Waals surface area contributed by atoms with Crippen molar-refractivity contribution in [3.05, 3.63) is 42.5 Å². The fraction of sp³-hybridized carbons (Fsp3) is 0.500. The van der Waals surface area contributed by atoms with Gasteiger partial charge in [0, 0.05) is 30.7 Å². The number of benzene rings is 1. The van der Waals surface area contributed by atoms with E-state index >= 15 is 0 Å². The number of amides is 2. The van der Waals surface area contributed by atoms with Crippen molar-refractivity contribution >= 4 is 70.9 Å².